The molecule has 17 heavy (non-hydrogen) atoms. The molecule has 2 N–H and O–H groups in total. The van der Waals surface area contributed by atoms with Crippen LogP contribution in [0.1, 0.15) is 44.7 Å². The van der Waals surface area contributed by atoms with Gasteiger partial charge in [0, 0.05) is 11.6 Å². The molecule has 1 atom stereocenters. The number of methoxy groups -OCH3 is 1. The second-order valence-electron chi connectivity index (χ2n) is 4.38. The Bertz CT molecular complexity index is 350. The van der Waals surface area contributed by atoms with Gasteiger partial charge in [-0.1, -0.05) is 32.8 Å². The standard InChI is InChI=1S/C14H22FNO/c1-4-10(5-2)9-12(16)14-11(15)7-6-8-13(14)17-3/h6-8,10,12H,4-5,9,16H2,1-3H3. The van der Waals surface area contributed by atoms with Gasteiger partial charge in [0.2, 0.25) is 0 Å². The molecular formula is C14H22FNO. The van der Waals surface area contributed by atoms with Crippen molar-refractivity contribution in [2.24, 2.45) is 11.7 Å². The van der Waals surface area contributed by atoms with E-state index in [2.05, 4.69) is 13.8 Å². The largest absolute Gasteiger partial charge is 0.496 e. The lowest BCUT2D eigenvalue weighted by molar-refractivity contribution is 0.375. The van der Waals surface area contributed by atoms with Crippen LogP contribution in [0.25, 0.3) is 0 Å². The molecule has 1 unspecified atom stereocenters. The van der Waals surface area contributed by atoms with Crippen LogP contribution in [0.2, 0.25) is 0 Å². The van der Waals surface area contributed by atoms with Crippen LogP contribution in [0.5, 0.6) is 5.75 Å². The lowest BCUT2D eigenvalue weighted by atomic mass is 9.91. The fraction of sp³-hybridized carbons (Fsp3) is 0.571. The first-order valence-corrected chi connectivity index (χ1v) is 6.21. The zero-order valence-electron chi connectivity index (χ0n) is 10.9. The average Bonchev–Trinajstić information content (AvgIpc) is 2.35. The van der Waals surface area contributed by atoms with Crippen LogP contribution in [0.4, 0.5) is 4.39 Å². The van der Waals surface area contributed by atoms with Crippen LogP contribution in [-0.4, -0.2) is 7.11 Å². The van der Waals surface area contributed by atoms with Gasteiger partial charge in [0.1, 0.15) is 11.6 Å². The molecule has 0 aliphatic rings. The van der Waals surface area contributed by atoms with E-state index in [1.165, 1.54) is 6.07 Å². The van der Waals surface area contributed by atoms with Crippen molar-refractivity contribution in [2.45, 2.75) is 39.2 Å². The summed E-state index contributed by atoms with van der Waals surface area (Å²) in [7, 11) is 1.54. The third-order valence-electron chi connectivity index (χ3n) is 3.35. The normalized spacial score (nSPS) is 12.8. The number of ether oxygens (including phenoxy) is 1. The summed E-state index contributed by atoms with van der Waals surface area (Å²) in [5, 5.41) is 0. The Morgan fingerprint density at radius 1 is 1.29 bits per heavy atom. The molecule has 0 fully saturated rings. The number of rotatable bonds is 6. The van der Waals surface area contributed by atoms with Gasteiger partial charge in [-0.25, -0.2) is 4.39 Å². The number of benzene rings is 1. The Kier molecular flexibility index (Phi) is 5.42. The summed E-state index contributed by atoms with van der Waals surface area (Å²) in [5.41, 5.74) is 6.61. The molecule has 0 aliphatic heterocycles. The van der Waals surface area contributed by atoms with Crippen molar-refractivity contribution < 1.29 is 9.13 Å². The zero-order chi connectivity index (χ0) is 12.8. The molecule has 0 heterocycles. The van der Waals surface area contributed by atoms with E-state index in [9.17, 15) is 4.39 Å². The van der Waals surface area contributed by atoms with E-state index < -0.39 is 0 Å². The highest BCUT2D eigenvalue weighted by molar-refractivity contribution is 5.37. The van der Waals surface area contributed by atoms with Crippen molar-refractivity contribution in [1.82, 2.24) is 0 Å². The molecule has 3 heteroatoms. The molecule has 2 nitrogen and oxygen atoms in total. The molecule has 0 saturated carbocycles. The van der Waals surface area contributed by atoms with Crippen molar-refractivity contribution in [1.29, 1.82) is 0 Å². The van der Waals surface area contributed by atoms with Crippen LogP contribution in [-0.2, 0) is 0 Å². The third-order valence-corrected chi connectivity index (χ3v) is 3.35. The van der Waals surface area contributed by atoms with E-state index in [0.717, 1.165) is 19.3 Å². The third kappa shape index (κ3) is 3.43. The van der Waals surface area contributed by atoms with Gasteiger partial charge in [-0.3, -0.25) is 0 Å². The minimum absolute atomic E-state index is 0.275. The number of hydrogen-bond acceptors (Lipinski definition) is 2. The molecule has 1 rings (SSSR count). The van der Waals surface area contributed by atoms with Gasteiger partial charge in [0.25, 0.3) is 0 Å². The molecule has 0 bridgehead atoms. The van der Waals surface area contributed by atoms with Gasteiger partial charge < -0.3 is 10.5 Å². The van der Waals surface area contributed by atoms with Gasteiger partial charge in [-0.2, -0.15) is 0 Å². The smallest absolute Gasteiger partial charge is 0.131 e. The number of nitrogens with two attached hydrogens (primary N) is 1. The minimum atomic E-state index is -0.295. The maximum atomic E-state index is 13.8. The lowest BCUT2D eigenvalue weighted by Gasteiger charge is -2.20. The van der Waals surface area contributed by atoms with Crippen molar-refractivity contribution in [2.75, 3.05) is 7.11 Å². The summed E-state index contributed by atoms with van der Waals surface area (Å²) >= 11 is 0. The SMILES string of the molecule is CCC(CC)CC(N)c1c(F)cccc1OC. The Labute approximate surface area is 103 Å². The first kappa shape index (κ1) is 14.0. The maximum Gasteiger partial charge on any atom is 0.131 e. The highest BCUT2D eigenvalue weighted by atomic mass is 19.1. The fourth-order valence-corrected chi connectivity index (χ4v) is 2.15. The van der Waals surface area contributed by atoms with Crippen molar-refractivity contribution in [3.8, 4) is 5.75 Å². The summed E-state index contributed by atoms with van der Waals surface area (Å²) in [5.74, 6) is 0.806. The predicted octanol–water partition coefficient (Wildman–Crippen LogP) is 3.66. The lowest BCUT2D eigenvalue weighted by Crippen LogP contribution is -2.17. The summed E-state index contributed by atoms with van der Waals surface area (Å²) in [6.45, 7) is 4.28. The molecule has 0 radical (unpaired) electrons. The molecule has 0 spiro atoms. The van der Waals surface area contributed by atoms with Gasteiger partial charge in [-0.15, -0.1) is 0 Å². The van der Waals surface area contributed by atoms with E-state index in [0.29, 0.717) is 17.2 Å². The highest BCUT2D eigenvalue weighted by Gasteiger charge is 2.19. The molecule has 1 aromatic carbocycles. The molecular weight excluding hydrogens is 217 g/mol. The molecule has 0 aromatic heterocycles. The molecule has 0 amide bonds. The number of hydrogen-bond donors (Lipinski definition) is 1. The Hall–Kier alpha value is -1.09. The van der Waals surface area contributed by atoms with Crippen LogP contribution >= 0.6 is 0 Å². The summed E-state index contributed by atoms with van der Waals surface area (Å²) in [6.07, 6.45) is 2.94. The van der Waals surface area contributed by atoms with Crippen LogP contribution < -0.4 is 10.5 Å². The Balaban J connectivity index is 2.91. The van der Waals surface area contributed by atoms with E-state index in [1.54, 1.807) is 19.2 Å². The van der Waals surface area contributed by atoms with E-state index in [1.807, 2.05) is 0 Å². The predicted molar refractivity (Wildman–Crippen MR) is 68.6 cm³/mol. The average molecular weight is 239 g/mol. The molecule has 1 aromatic rings. The van der Waals surface area contributed by atoms with Crippen molar-refractivity contribution in [3.05, 3.63) is 29.6 Å². The summed E-state index contributed by atoms with van der Waals surface area (Å²) in [4.78, 5) is 0. The van der Waals surface area contributed by atoms with Crippen molar-refractivity contribution >= 4 is 0 Å². The fourth-order valence-electron chi connectivity index (χ4n) is 2.15. The first-order chi connectivity index (χ1) is 8.13. The first-order valence-electron chi connectivity index (χ1n) is 6.21. The second kappa shape index (κ2) is 6.60. The van der Waals surface area contributed by atoms with Crippen LogP contribution in [0.3, 0.4) is 0 Å². The zero-order valence-corrected chi connectivity index (χ0v) is 10.9. The summed E-state index contributed by atoms with van der Waals surface area (Å²) in [6, 6.07) is 4.54. The molecule has 0 aliphatic carbocycles. The van der Waals surface area contributed by atoms with Gasteiger partial charge in [-0.05, 0) is 24.5 Å². The Morgan fingerprint density at radius 3 is 2.47 bits per heavy atom. The monoisotopic (exact) mass is 239 g/mol. The van der Waals surface area contributed by atoms with Crippen LogP contribution in [0.15, 0.2) is 18.2 Å². The van der Waals surface area contributed by atoms with Gasteiger partial charge in [0.05, 0.1) is 7.11 Å². The Morgan fingerprint density at radius 2 is 1.94 bits per heavy atom. The molecule has 0 saturated heterocycles. The van der Waals surface area contributed by atoms with E-state index in [4.69, 9.17) is 10.5 Å². The van der Waals surface area contributed by atoms with Gasteiger partial charge in [0.15, 0.2) is 0 Å². The second-order valence-corrected chi connectivity index (χ2v) is 4.38. The topological polar surface area (TPSA) is 35.2 Å². The summed E-state index contributed by atoms with van der Waals surface area (Å²) < 4.78 is 19.0. The van der Waals surface area contributed by atoms with E-state index in [-0.39, 0.29) is 11.9 Å². The quantitative estimate of drug-likeness (QED) is 0.822. The maximum absolute atomic E-state index is 13.8. The number of halogens is 1. The van der Waals surface area contributed by atoms with Gasteiger partial charge >= 0.3 is 0 Å². The molecule has 96 valence electrons. The van der Waals surface area contributed by atoms with Crippen molar-refractivity contribution in [3.63, 3.8) is 0 Å². The highest BCUT2D eigenvalue weighted by Crippen LogP contribution is 2.31. The van der Waals surface area contributed by atoms with Crippen LogP contribution in [0, 0.1) is 11.7 Å². The minimum Gasteiger partial charge on any atom is -0.496 e. The van der Waals surface area contributed by atoms with E-state index >= 15 is 0 Å².